The summed E-state index contributed by atoms with van der Waals surface area (Å²) < 4.78 is 16.1. The molecule has 1 aromatic rings. The molecule has 2 fully saturated rings. The van der Waals surface area contributed by atoms with E-state index in [4.69, 9.17) is 19.9 Å². The predicted octanol–water partition coefficient (Wildman–Crippen LogP) is 0.873. The Bertz CT molecular complexity index is 698. The largest absolute Gasteiger partial charge is 0.493 e. The Morgan fingerprint density at radius 1 is 1.15 bits per heavy atom. The van der Waals surface area contributed by atoms with E-state index < -0.39 is 0 Å². The third-order valence-corrected chi connectivity index (χ3v) is 5.37. The zero-order chi connectivity index (χ0) is 19.6. The predicted molar refractivity (Wildman–Crippen MR) is 100 cm³/mol. The summed E-state index contributed by atoms with van der Waals surface area (Å²) in [6.07, 6.45) is 1.14. The van der Waals surface area contributed by atoms with Crippen LogP contribution in [0.2, 0.25) is 0 Å². The Morgan fingerprint density at radius 3 is 2.33 bits per heavy atom. The quantitative estimate of drug-likeness (QED) is 0.791. The van der Waals surface area contributed by atoms with E-state index in [1.165, 1.54) is 21.3 Å². The third kappa shape index (κ3) is 3.66. The fraction of sp³-hybridized carbons (Fsp3) is 0.579. The molecule has 0 aliphatic carbocycles. The first-order valence-electron chi connectivity index (χ1n) is 9.11. The molecule has 2 saturated heterocycles. The SMILES string of the molecule is COc1cc(N2CC(C(=O)N3CCC(CN)C3)CC2=O)cc(OC)c1OC. The molecular formula is C19H27N3O5. The molecule has 2 heterocycles. The van der Waals surface area contributed by atoms with Crippen molar-refractivity contribution in [2.75, 3.05) is 52.4 Å². The highest BCUT2D eigenvalue weighted by Crippen LogP contribution is 2.42. The highest BCUT2D eigenvalue weighted by Gasteiger charge is 2.39. The van der Waals surface area contributed by atoms with Gasteiger partial charge in [0, 0.05) is 38.2 Å². The number of methoxy groups -OCH3 is 3. The van der Waals surface area contributed by atoms with Crippen LogP contribution in [-0.4, -0.2) is 64.2 Å². The van der Waals surface area contributed by atoms with Gasteiger partial charge in [0.15, 0.2) is 11.5 Å². The number of carbonyl (C=O) groups is 2. The summed E-state index contributed by atoms with van der Waals surface area (Å²) in [5, 5.41) is 0. The van der Waals surface area contributed by atoms with Gasteiger partial charge in [0.1, 0.15) is 0 Å². The highest BCUT2D eigenvalue weighted by atomic mass is 16.5. The van der Waals surface area contributed by atoms with Crippen molar-refractivity contribution >= 4 is 17.5 Å². The summed E-state index contributed by atoms with van der Waals surface area (Å²) in [6, 6.07) is 3.46. The molecule has 148 valence electrons. The van der Waals surface area contributed by atoms with Crippen molar-refractivity contribution < 1.29 is 23.8 Å². The van der Waals surface area contributed by atoms with Gasteiger partial charge in [-0.05, 0) is 18.9 Å². The van der Waals surface area contributed by atoms with Crippen LogP contribution in [0.25, 0.3) is 0 Å². The summed E-state index contributed by atoms with van der Waals surface area (Å²) in [5.41, 5.74) is 6.34. The Balaban J connectivity index is 1.79. The summed E-state index contributed by atoms with van der Waals surface area (Å²) in [5.74, 6) is 1.38. The molecule has 2 N–H and O–H groups in total. The molecule has 2 aliphatic heterocycles. The van der Waals surface area contributed by atoms with E-state index in [1.54, 1.807) is 17.0 Å². The van der Waals surface area contributed by atoms with Crippen LogP contribution >= 0.6 is 0 Å². The van der Waals surface area contributed by atoms with E-state index in [-0.39, 0.29) is 24.2 Å². The lowest BCUT2D eigenvalue weighted by atomic mass is 10.1. The molecule has 2 unspecified atom stereocenters. The zero-order valence-corrected chi connectivity index (χ0v) is 16.1. The van der Waals surface area contributed by atoms with Crippen LogP contribution in [0.5, 0.6) is 17.2 Å². The van der Waals surface area contributed by atoms with E-state index in [0.717, 1.165) is 13.0 Å². The summed E-state index contributed by atoms with van der Waals surface area (Å²) >= 11 is 0. The number of hydrogen-bond acceptors (Lipinski definition) is 6. The first kappa shape index (κ1) is 19.3. The fourth-order valence-electron chi connectivity index (χ4n) is 3.83. The van der Waals surface area contributed by atoms with Crippen molar-refractivity contribution in [1.29, 1.82) is 0 Å². The van der Waals surface area contributed by atoms with Gasteiger partial charge in [0.25, 0.3) is 0 Å². The molecule has 0 aromatic heterocycles. The third-order valence-electron chi connectivity index (χ3n) is 5.37. The Hall–Kier alpha value is -2.48. The number of likely N-dealkylation sites (tertiary alicyclic amines) is 1. The maximum Gasteiger partial charge on any atom is 0.228 e. The van der Waals surface area contributed by atoms with E-state index in [2.05, 4.69) is 0 Å². The number of nitrogens with zero attached hydrogens (tertiary/aromatic N) is 2. The van der Waals surface area contributed by atoms with Crippen LogP contribution in [0.4, 0.5) is 5.69 Å². The second-order valence-electron chi connectivity index (χ2n) is 6.96. The van der Waals surface area contributed by atoms with Gasteiger partial charge in [-0.15, -0.1) is 0 Å². The molecule has 1 aromatic carbocycles. The van der Waals surface area contributed by atoms with Crippen molar-refractivity contribution in [3.05, 3.63) is 12.1 Å². The summed E-state index contributed by atoms with van der Waals surface area (Å²) in [4.78, 5) is 28.9. The lowest BCUT2D eigenvalue weighted by molar-refractivity contribution is -0.134. The van der Waals surface area contributed by atoms with Gasteiger partial charge in [-0.3, -0.25) is 9.59 Å². The van der Waals surface area contributed by atoms with E-state index >= 15 is 0 Å². The van der Waals surface area contributed by atoms with Crippen molar-refractivity contribution in [1.82, 2.24) is 4.90 Å². The zero-order valence-electron chi connectivity index (χ0n) is 16.1. The van der Waals surface area contributed by atoms with Gasteiger partial charge in [0.2, 0.25) is 17.6 Å². The number of anilines is 1. The molecule has 8 nitrogen and oxygen atoms in total. The summed E-state index contributed by atoms with van der Waals surface area (Å²) in [6.45, 7) is 2.34. The maximum atomic E-state index is 12.8. The molecule has 0 bridgehead atoms. The van der Waals surface area contributed by atoms with Gasteiger partial charge >= 0.3 is 0 Å². The molecule has 0 saturated carbocycles. The Morgan fingerprint density at radius 2 is 1.81 bits per heavy atom. The van der Waals surface area contributed by atoms with Crippen LogP contribution in [0.3, 0.4) is 0 Å². The lowest BCUT2D eigenvalue weighted by Crippen LogP contribution is -2.36. The second-order valence-corrected chi connectivity index (χ2v) is 6.96. The molecule has 2 aliphatic rings. The van der Waals surface area contributed by atoms with Gasteiger partial charge in [0.05, 0.1) is 32.9 Å². The van der Waals surface area contributed by atoms with E-state index in [1.807, 2.05) is 4.90 Å². The second kappa shape index (κ2) is 8.04. The maximum absolute atomic E-state index is 12.8. The molecular weight excluding hydrogens is 350 g/mol. The van der Waals surface area contributed by atoms with Crippen LogP contribution in [0.15, 0.2) is 12.1 Å². The Kier molecular flexibility index (Phi) is 5.74. The number of nitrogens with two attached hydrogens (primary N) is 1. The summed E-state index contributed by atoms with van der Waals surface area (Å²) in [7, 11) is 4.58. The van der Waals surface area contributed by atoms with Crippen molar-refractivity contribution in [3.8, 4) is 17.2 Å². The van der Waals surface area contributed by atoms with Crippen molar-refractivity contribution in [3.63, 3.8) is 0 Å². The minimum absolute atomic E-state index is 0.0363. The minimum atomic E-state index is -0.340. The number of hydrogen-bond donors (Lipinski definition) is 1. The molecule has 0 radical (unpaired) electrons. The molecule has 3 rings (SSSR count). The van der Waals surface area contributed by atoms with Crippen LogP contribution in [-0.2, 0) is 9.59 Å². The standard InChI is InChI=1S/C19H27N3O5/c1-25-15-7-14(8-16(26-2)18(15)27-3)22-11-13(6-17(22)23)19(24)21-5-4-12(9-20)10-21/h7-8,12-13H,4-6,9-11,20H2,1-3H3. The van der Waals surface area contributed by atoms with Gasteiger partial charge in [-0.2, -0.15) is 0 Å². The Labute approximate surface area is 159 Å². The van der Waals surface area contributed by atoms with Crippen LogP contribution in [0.1, 0.15) is 12.8 Å². The van der Waals surface area contributed by atoms with Crippen molar-refractivity contribution in [2.45, 2.75) is 12.8 Å². The highest BCUT2D eigenvalue weighted by molar-refractivity contribution is 6.00. The smallest absolute Gasteiger partial charge is 0.228 e. The number of benzene rings is 1. The minimum Gasteiger partial charge on any atom is -0.493 e. The molecule has 0 spiro atoms. The first-order valence-corrected chi connectivity index (χ1v) is 9.11. The molecule has 2 atom stereocenters. The topological polar surface area (TPSA) is 94.3 Å². The van der Waals surface area contributed by atoms with Gasteiger partial charge < -0.3 is 29.7 Å². The van der Waals surface area contributed by atoms with Gasteiger partial charge in [-0.25, -0.2) is 0 Å². The normalized spacial score (nSPS) is 22.3. The average molecular weight is 377 g/mol. The lowest BCUT2D eigenvalue weighted by Gasteiger charge is -2.22. The van der Waals surface area contributed by atoms with Crippen LogP contribution in [0, 0.1) is 11.8 Å². The van der Waals surface area contributed by atoms with Gasteiger partial charge in [-0.1, -0.05) is 0 Å². The molecule has 27 heavy (non-hydrogen) atoms. The number of rotatable bonds is 6. The monoisotopic (exact) mass is 377 g/mol. The fourth-order valence-corrected chi connectivity index (χ4v) is 3.83. The first-order chi connectivity index (χ1) is 13.0. The number of ether oxygens (including phenoxy) is 3. The van der Waals surface area contributed by atoms with E-state index in [9.17, 15) is 9.59 Å². The average Bonchev–Trinajstić information content (AvgIpc) is 3.32. The molecule has 8 heteroatoms. The number of amides is 2. The number of carbonyl (C=O) groups excluding carboxylic acids is 2. The van der Waals surface area contributed by atoms with Crippen molar-refractivity contribution in [2.24, 2.45) is 17.6 Å². The molecule has 2 amide bonds. The van der Waals surface area contributed by atoms with Crippen LogP contribution < -0.4 is 24.8 Å². The van der Waals surface area contributed by atoms with E-state index in [0.29, 0.717) is 48.5 Å².